The predicted molar refractivity (Wildman–Crippen MR) is 136 cm³/mol. The van der Waals surface area contributed by atoms with E-state index >= 15 is 0 Å². The number of rotatable bonds is 6. The summed E-state index contributed by atoms with van der Waals surface area (Å²) in [7, 11) is 0. The fraction of sp³-hybridized carbons (Fsp3) is 0.462. The van der Waals surface area contributed by atoms with Crippen molar-refractivity contribution in [3.63, 3.8) is 0 Å². The van der Waals surface area contributed by atoms with Crippen molar-refractivity contribution in [1.29, 1.82) is 0 Å². The van der Waals surface area contributed by atoms with E-state index in [4.69, 9.17) is 32.7 Å². The summed E-state index contributed by atoms with van der Waals surface area (Å²) in [5.74, 6) is -2.23. The van der Waals surface area contributed by atoms with Crippen LogP contribution in [0, 0.1) is 15.9 Å². The SMILES string of the molecule is CC(C)(C)OC(=O)N1CC2(C1)OCc1cc(C(=O)CC(C[N+](=O)[O-])(c3cc(Cl)c(F)c(Cl)c3)C(F)(F)F)ccc12. The van der Waals surface area contributed by atoms with Gasteiger partial charge in [0, 0.05) is 16.9 Å². The second-order valence-electron chi connectivity index (χ2n) is 10.9. The molecule has 2 aromatic rings. The highest BCUT2D eigenvalue weighted by Crippen LogP contribution is 2.48. The van der Waals surface area contributed by atoms with Gasteiger partial charge in [-0.15, -0.1) is 0 Å². The Bertz CT molecular complexity index is 1370. The van der Waals surface area contributed by atoms with E-state index in [9.17, 15) is 37.3 Å². The molecule has 4 rings (SSSR count). The van der Waals surface area contributed by atoms with E-state index in [1.54, 1.807) is 20.8 Å². The predicted octanol–water partition coefficient (Wildman–Crippen LogP) is 6.46. The number of ketones is 1. The molecule has 0 radical (unpaired) electrons. The lowest BCUT2D eigenvalue weighted by atomic mass is 9.74. The van der Waals surface area contributed by atoms with Gasteiger partial charge in [-0.2, -0.15) is 13.2 Å². The number of ether oxygens (including phenoxy) is 2. The van der Waals surface area contributed by atoms with Gasteiger partial charge >= 0.3 is 12.3 Å². The lowest BCUT2D eigenvalue weighted by Crippen LogP contribution is -2.61. The Labute approximate surface area is 236 Å². The van der Waals surface area contributed by atoms with Gasteiger partial charge in [-0.25, -0.2) is 9.18 Å². The number of hydrogen-bond donors (Lipinski definition) is 0. The highest BCUT2D eigenvalue weighted by atomic mass is 35.5. The second-order valence-corrected chi connectivity index (χ2v) is 11.7. The number of amides is 1. The van der Waals surface area contributed by atoms with Gasteiger partial charge in [-0.3, -0.25) is 14.9 Å². The minimum Gasteiger partial charge on any atom is -0.444 e. The van der Waals surface area contributed by atoms with Crippen LogP contribution in [0.15, 0.2) is 30.3 Å². The Morgan fingerprint density at radius 1 is 1.12 bits per heavy atom. The molecule has 2 aliphatic rings. The molecule has 1 unspecified atom stereocenters. The molecule has 216 valence electrons. The number of nitrogens with zero attached hydrogens (tertiary/aromatic N) is 2. The lowest BCUT2D eigenvalue weighted by Gasteiger charge is -2.47. The molecular weight excluding hydrogens is 583 g/mol. The molecule has 2 aromatic carbocycles. The number of alkyl halides is 3. The maximum atomic E-state index is 14.5. The Morgan fingerprint density at radius 2 is 1.73 bits per heavy atom. The van der Waals surface area contributed by atoms with E-state index in [1.807, 2.05) is 0 Å². The van der Waals surface area contributed by atoms with Crippen LogP contribution in [0.5, 0.6) is 0 Å². The van der Waals surface area contributed by atoms with Crippen molar-refractivity contribution in [3.8, 4) is 0 Å². The third-order valence-corrected chi connectivity index (χ3v) is 7.46. The zero-order valence-electron chi connectivity index (χ0n) is 21.5. The van der Waals surface area contributed by atoms with Gasteiger partial charge in [0.05, 0.1) is 29.7 Å². The first-order valence-electron chi connectivity index (χ1n) is 12.0. The minimum atomic E-state index is -5.30. The summed E-state index contributed by atoms with van der Waals surface area (Å²) in [4.78, 5) is 37.2. The van der Waals surface area contributed by atoms with Gasteiger partial charge < -0.3 is 14.4 Å². The van der Waals surface area contributed by atoms with Crippen LogP contribution >= 0.6 is 23.2 Å². The molecule has 1 atom stereocenters. The molecule has 0 N–H and O–H groups in total. The Kier molecular flexibility index (Phi) is 7.61. The smallest absolute Gasteiger partial charge is 0.410 e. The molecule has 1 amide bonds. The van der Waals surface area contributed by atoms with Crippen LogP contribution in [0.3, 0.4) is 0 Å². The first kappa shape index (κ1) is 30.0. The quantitative estimate of drug-likeness (QED) is 0.123. The maximum absolute atomic E-state index is 14.5. The van der Waals surface area contributed by atoms with Crippen molar-refractivity contribution in [2.45, 2.75) is 56.6 Å². The molecule has 8 nitrogen and oxygen atoms in total. The summed E-state index contributed by atoms with van der Waals surface area (Å²) < 4.78 is 68.9. The number of carbonyl (C=O) groups excluding carboxylic acids is 2. The molecule has 0 aliphatic carbocycles. The maximum Gasteiger partial charge on any atom is 0.410 e. The van der Waals surface area contributed by atoms with Crippen LogP contribution in [0.2, 0.25) is 10.0 Å². The molecule has 0 bridgehead atoms. The molecule has 1 fully saturated rings. The average Bonchev–Trinajstić information content (AvgIpc) is 3.17. The highest BCUT2D eigenvalue weighted by Gasteiger charge is 2.61. The van der Waals surface area contributed by atoms with Gasteiger partial charge in [0.2, 0.25) is 6.54 Å². The van der Waals surface area contributed by atoms with E-state index in [2.05, 4.69) is 0 Å². The largest absolute Gasteiger partial charge is 0.444 e. The monoisotopic (exact) mass is 606 g/mol. The summed E-state index contributed by atoms with van der Waals surface area (Å²) in [6, 6.07) is 5.42. The standard InChI is InChI=1S/C26H24Cl2F4N2O6/c1-23(2,3)40-22(36)33-12-25(13-33)17-5-4-14(6-15(17)10-39-25)20(35)9-24(11-34(37)38,26(30,31)32)16-7-18(27)21(29)19(28)8-16/h4-8H,9-13H2,1-3H3. The number of benzene rings is 2. The van der Waals surface area contributed by atoms with Crippen LogP contribution in [0.25, 0.3) is 0 Å². The fourth-order valence-corrected chi connectivity index (χ4v) is 5.43. The molecular formula is C26H24Cl2F4N2O6. The normalized spacial score (nSPS) is 17.7. The summed E-state index contributed by atoms with van der Waals surface area (Å²) in [5, 5.41) is 9.86. The van der Waals surface area contributed by atoms with E-state index < -0.39 is 74.0 Å². The third-order valence-electron chi connectivity index (χ3n) is 6.91. The molecule has 2 aliphatic heterocycles. The molecule has 0 saturated carbocycles. The van der Waals surface area contributed by atoms with Crippen molar-refractivity contribution in [1.82, 2.24) is 4.90 Å². The van der Waals surface area contributed by atoms with Crippen LogP contribution in [-0.2, 0) is 27.1 Å². The zero-order valence-corrected chi connectivity index (χ0v) is 23.0. The Balaban J connectivity index is 1.62. The molecule has 1 saturated heterocycles. The third kappa shape index (κ3) is 5.48. The summed E-state index contributed by atoms with van der Waals surface area (Å²) in [6.45, 7) is 3.91. The number of fused-ring (bicyclic) bond motifs is 2. The van der Waals surface area contributed by atoms with Crippen molar-refractivity contribution in [2.75, 3.05) is 19.6 Å². The summed E-state index contributed by atoms with van der Waals surface area (Å²) in [5.41, 5.74) is -4.58. The topological polar surface area (TPSA) is 99.0 Å². The van der Waals surface area contributed by atoms with Crippen molar-refractivity contribution in [3.05, 3.63) is 78.6 Å². The number of halogens is 6. The van der Waals surface area contributed by atoms with Gasteiger partial charge in [-0.1, -0.05) is 35.3 Å². The minimum absolute atomic E-state index is 0.0428. The molecule has 0 aromatic heterocycles. The van der Waals surface area contributed by atoms with Crippen molar-refractivity contribution >= 4 is 35.1 Å². The van der Waals surface area contributed by atoms with E-state index in [-0.39, 0.29) is 25.3 Å². The molecule has 2 heterocycles. The zero-order chi connectivity index (χ0) is 29.8. The summed E-state index contributed by atoms with van der Waals surface area (Å²) >= 11 is 11.4. The number of likely N-dealkylation sites (tertiary alicyclic amines) is 1. The molecule has 1 spiro atoms. The first-order chi connectivity index (χ1) is 18.4. The lowest BCUT2D eigenvalue weighted by molar-refractivity contribution is -0.501. The van der Waals surface area contributed by atoms with Crippen LogP contribution in [0.1, 0.15) is 54.2 Å². The number of Topliss-reactive ketones (excluding diaryl/α,β-unsaturated/α-hetero) is 1. The van der Waals surface area contributed by atoms with Crippen LogP contribution in [-0.4, -0.2) is 53.1 Å². The van der Waals surface area contributed by atoms with E-state index in [1.165, 1.54) is 23.1 Å². The summed E-state index contributed by atoms with van der Waals surface area (Å²) in [6.07, 6.45) is -7.18. The molecule has 40 heavy (non-hydrogen) atoms. The Morgan fingerprint density at radius 3 is 2.25 bits per heavy atom. The van der Waals surface area contributed by atoms with E-state index in [0.29, 0.717) is 23.3 Å². The number of nitro groups is 1. The van der Waals surface area contributed by atoms with Crippen LogP contribution < -0.4 is 0 Å². The average molecular weight is 607 g/mol. The first-order valence-corrected chi connectivity index (χ1v) is 12.8. The number of carbonyl (C=O) groups is 2. The second kappa shape index (κ2) is 10.1. The Hall–Kier alpha value is -2.96. The van der Waals surface area contributed by atoms with E-state index in [0.717, 1.165) is 0 Å². The van der Waals surface area contributed by atoms with Gasteiger partial charge in [0.25, 0.3) is 0 Å². The van der Waals surface area contributed by atoms with Crippen LogP contribution in [0.4, 0.5) is 22.4 Å². The van der Waals surface area contributed by atoms with Crippen molar-refractivity contribution in [2.24, 2.45) is 0 Å². The molecule has 14 heteroatoms. The number of hydrogen-bond acceptors (Lipinski definition) is 6. The van der Waals surface area contributed by atoms with Gasteiger partial charge in [-0.05, 0) is 55.7 Å². The highest BCUT2D eigenvalue weighted by molar-refractivity contribution is 6.35. The van der Waals surface area contributed by atoms with Gasteiger partial charge in [0.1, 0.15) is 11.2 Å². The van der Waals surface area contributed by atoms with Crippen molar-refractivity contribution < 1.29 is 41.5 Å². The fourth-order valence-electron chi connectivity index (χ4n) is 4.94. The van der Waals surface area contributed by atoms with Gasteiger partial charge in [0.15, 0.2) is 17.0 Å².